The Labute approximate surface area is 100 Å². The van der Waals surface area contributed by atoms with Crippen LogP contribution in [0.3, 0.4) is 0 Å². The molecule has 0 aliphatic rings. The molecule has 1 unspecified atom stereocenters. The maximum Gasteiger partial charge on any atom is 0.118 e. The Bertz CT molecular complexity index is 499. The fourth-order valence-corrected chi connectivity index (χ4v) is 1.60. The zero-order chi connectivity index (χ0) is 12.3. The fraction of sp³-hybridized carbons (Fsp3) is 0.231. The van der Waals surface area contributed by atoms with E-state index in [1.54, 1.807) is 24.7 Å². The van der Waals surface area contributed by atoms with Crippen LogP contribution in [0.2, 0.25) is 0 Å². The number of aromatic nitrogens is 2. The molecule has 0 amide bonds. The SMILES string of the molecule is Cc1cc(NC(C)c2cnccn2)ccc1O. The molecule has 1 aromatic carbocycles. The lowest BCUT2D eigenvalue weighted by Crippen LogP contribution is -2.08. The second-order valence-corrected chi connectivity index (χ2v) is 4.00. The minimum absolute atomic E-state index is 0.0765. The number of nitrogens with one attached hydrogen (secondary N) is 1. The van der Waals surface area contributed by atoms with Crippen LogP contribution in [0.1, 0.15) is 24.2 Å². The van der Waals surface area contributed by atoms with Crippen molar-refractivity contribution < 1.29 is 5.11 Å². The normalized spacial score (nSPS) is 12.1. The molecule has 17 heavy (non-hydrogen) atoms. The summed E-state index contributed by atoms with van der Waals surface area (Å²) < 4.78 is 0. The smallest absolute Gasteiger partial charge is 0.118 e. The zero-order valence-corrected chi connectivity index (χ0v) is 9.88. The summed E-state index contributed by atoms with van der Waals surface area (Å²) in [6, 6.07) is 5.51. The van der Waals surface area contributed by atoms with Crippen LogP contribution in [0.25, 0.3) is 0 Å². The lowest BCUT2D eigenvalue weighted by atomic mass is 10.1. The van der Waals surface area contributed by atoms with Crippen molar-refractivity contribution in [3.63, 3.8) is 0 Å². The average Bonchev–Trinajstić information content (AvgIpc) is 2.35. The largest absolute Gasteiger partial charge is 0.508 e. The van der Waals surface area contributed by atoms with Gasteiger partial charge in [-0.15, -0.1) is 0 Å². The van der Waals surface area contributed by atoms with Crippen LogP contribution in [-0.4, -0.2) is 15.1 Å². The summed E-state index contributed by atoms with van der Waals surface area (Å²) in [6.45, 7) is 3.89. The highest BCUT2D eigenvalue weighted by Crippen LogP contribution is 2.23. The number of rotatable bonds is 3. The molecule has 2 rings (SSSR count). The van der Waals surface area contributed by atoms with Gasteiger partial charge in [-0.3, -0.25) is 9.97 Å². The van der Waals surface area contributed by atoms with Gasteiger partial charge in [-0.1, -0.05) is 0 Å². The molecule has 88 valence electrons. The molecule has 4 heteroatoms. The Hall–Kier alpha value is -2.10. The van der Waals surface area contributed by atoms with Gasteiger partial charge in [0.1, 0.15) is 5.75 Å². The molecule has 0 fully saturated rings. The van der Waals surface area contributed by atoms with Gasteiger partial charge in [0.2, 0.25) is 0 Å². The van der Waals surface area contributed by atoms with Gasteiger partial charge in [0, 0.05) is 18.1 Å². The Morgan fingerprint density at radius 2 is 2.12 bits per heavy atom. The van der Waals surface area contributed by atoms with Crippen LogP contribution in [0.5, 0.6) is 5.75 Å². The summed E-state index contributed by atoms with van der Waals surface area (Å²) in [5, 5.41) is 12.8. The maximum absolute atomic E-state index is 9.44. The van der Waals surface area contributed by atoms with Crippen molar-refractivity contribution >= 4 is 5.69 Å². The first-order chi connectivity index (χ1) is 8.16. The molecular weight excluding hydrogens is 214 g/mol. The van der Waals surface area contributed by atoms with Crippen molar-refractivity contribution in [2.75, 3.05) is 5.32 Å². The molecular formula is C13H15N3O. The molecule has 0 aliphatic heterocycles. The summed E-state index contributed by atoms with van der Waals surface area (Å²) in [5.74, 6) is 0.308. The third kappa shape index (κ3) is 2.72. The van der Waals surface area contributed by atoms with Crippen molar-refractivity contribution in [2.45, 2.75) is 19.9 Å². The number of hydrogen-bond donors (Lipinski definition) is 2. The van der Waals surface area contributed by atoms with Crippen molar-refractivity contribution in [1.29, 1.82) is 0 Å². The highest BCUT2D eigenvalue weighted by atomic mass is 16.3. The molecule has 1 aromatic heterocycles. The first-order valence-electron chi connectivity index (χ1n) is 5.49. The summed E-state index contributed by atoms with van der Waals surface area (Å²) in [7, 11) is 0. The van der Waals surface area contributed by atoms with Crippen LogP contribution >= 0.6 is 0 Å². The molecule has 2 N–H and O–H groups in total. The second-order valence-electron chi connectivity index (χ2n) is 4.00. The second kappa shape index (κ2) is 4.82. The topological polar surface area (TPSA) is 58.0 Å². The quantitative estimate of drug-likeness (QED) is 0.794. The summed E-state index contributed by atoms with van der Waals surface area (Å²) in [4.78, 5) is 8.28. The third-order valence-electron chi connectivity index (χ3n) is 2.61. The number of anilines is 1. The number of nitrogens with zero attached hydrogens (tertiary/aromatic N) is 2. The van der Waals surface area contributed by atoms with Gasteiger partial charge in [-0.25, -0.2) is 0 Å². The van der Waals surface area contributed by atoms with Gasteiger partial charge < -0.3 is 10.4 Å². The average molecular weight is 229 g/mol. The van der Waals surface area contributed by atoms with Gasteiger partial charge in [0.25, 0.3) is 0 Å². The van der Waals surface area contributed by atoms with E-state index >= 15 is 0 Å². The zero-order valence-electron chi connectivity index (χ0n) is 9.88. The van der Waals surface area contributed by atoms with Crippen LogP contribution in [0.15, 0.2) is 36.8 Å². The first kappa shape index (κ1) is 11.4. The van der Waals surface area contributed by atoms with Crippen molar-refractivity contribution in [3.05, 3.63) is 48.0 Å². The Kier molecular flexibility index (Phi) is 3.23. The summed E-state index contributed by atoms with van der Waals surface area (Å²) >= 11 is 0. The monoisotopic (exact) mass is 229 g/mol. The van der Waals surface area contributed by atoms with E-state index in [-0.39, 0.29) is 6.04 Å². The van der Waals surface area contributed by atoms with E-state index < -0.39 is 0 Å². The molecule has 0 spiro atoms. The lowest BCUT2D eigenvalue weighted by Gasteiger charge is -2.14. The van der Waals surface area contributed by atoms with Gasteiger partial charge in [-0.05, 0) is 37.6 Å². The molecule has 0 saturated heterocycles. The van der Waals surface area contributed by atoms with Gasteiger partial charge >= 0.3 is 0 Å². The standard InChI is InChI=1S/C13H15N3O/c1-9-7-11(3-4-13(9)17)16-10(2)12-8-14-5-6-15-12/h3-8,10,16-17H,1-2H3. The fourth-order valence-electron chi connectivity index (χ4n) is 1.60. The Morgan fingerprint density at radius 3 is 2.76 bits per heavy atom. The minimum Gasteiger partial charge on any atom is -0.508 e. The Balaban J connectivity index is 2.13. The number of phenols is 1. The van der Waals surface area contributed by atoms with E-state index in [1.165, 1.54) is 0 Å². The van der Waals surface area contributed by atoms with Gasteiger partial charge in [0.15, 0.2) is 0 Å². The molecule has 0 bridgehead atoms. The van der Waals surface area contributed by atoms with E-state index in [1.807, 2.05) is 26.0 Å². The molecule has 4 nitrogen and oxygen atoms in total. The first-order valence-corrected chi connectivity index (χ1v) is 5.49. The highest BCUT2D eigenvalue weighted by molar-refractivity contribution is 5.51. The van der Waals surface area contributed by atoms with Crippen molar-refractivity contribution in [2.24, 2.45) is 0 Å². The number of phenolic OH excluding ortho intramolecular Hbond substituents is 1. The molecule has 1 atom stereocenters. The predicted octanol–water partition coefficient (Wildman–Crippen LogP) is 2.66. The summed E-state index contributed by atoms with van der Waals surface area (Å²) in [6.07, 6.45) is 5.07. The van der Waals surface area contributed by atoms with Crippen LogP contribution in [0, 0.1) is 6.92 Å². The molecule has 1 heterocycles. The number of hydrogen-bond acceptors (Lipinski definition) is 4. The predicted molar refractivity (Wildman–Crippen MR) is 66.9 cm³/mol. The summed E-state index contributed by atoms with van der Waals surface area (Å²) in [5.41, 5.74) is 2.69. The maximum atomic E-state index is 9.44. The van der Waals surface area contributed by atoms with Crippen molar-refractivity contribution in [1.82, 2.24) is 9.97 Å². The molecule has 0 saturated carbocycles. The Morgan fingerprint density at radius 1 is 1.29 bits per heavy atom. The number of aryl methyl sites for hydroxylation is 1. The van der Waals surface area contributed by atoms with E-state index in [4.69, 9.17) is 0 Å². The number of benzene rings is 1. The van der Waals surface area contributed by atoms with E-state index in [0.29, 0.717) is 5.75 Å². The van der Waals surface area contributed by atoms with E-state index in [0.717, 1.165) is 16.9 Å². The minimum atomic E-state index is 0.0765. The molecule has 0 aliphatic carbocycles. The third-order valence-corrected chi connectivity index (χ3v) is 2.61. The van der Waals surface area contributed by atoms with E-state index in [9.17, 15) is 5.11 Å². The van der Waals surface area contributed by atoms with E-state index in [2.05, 4.69) is 15.3 Å². The number of aromatic hydroxyl groups is 1. The van der Waals surface area contributed by atoms with Gasteiger partial charge in [0.05, 0.1) is 17.9 Å². The van der Waals surface area contributed by atoms with Crippen LogP contribution in [-0.2, 0) is 0 Å². The molecule has 2 aromatic rings. The lowest BCUT2D eigenvalue weighted by molar-refractivity contribution is 0.471. The highest BCUT2D eigenvalue weighted by Gasteiger charge is 2.07. The van der Waals surface area contributed by atoms with Gasteiger partial charge in [-0.2, -0.15) is 0 Å². The van der Waals surface area contributed by atoms with Crippen molar-refractivity contribution in [3.8, 4) is 5.75 Å². The van der Waals surface area contributed by atoms with Crippen LogP contribution in [0.4, 0.5) is 5.69 Å². The molecule has 0 radical (unpaired) electrons. The van der Waals surface area contributed by atoms with Crippen LogP contribution < -0.4 is 5.32 Å².